The summed E-state index contributed by atoms with van der Waals surface area (Å²) in [6, 6.07) is 42.4. The third-order valence-corrected chi connectivity index (χ3v) is 10.4. The van der Waals surface area contributed by atoms with E-state index in [1.54, 1.807) is 0 Å². The highest BCUT2D eigenvalue weighted by Crippen LogP contribution is 2.54. The van der Waals surface area contributed by atoms with Gasteiger partial charge in [-0.2, -0.15) is 0 Å². The van der Waals surface area contributed by atoms with Gasteiger partial charge < -0.3 is 9.30 Å². The number of aromatic nitrogens is 3. The van der Waals surface area contributed by atoms with Crippen LogP contribution in [0.5, 0.6) is 11.5 Å². The van der Waals surface area contributed by atoms with Crippen molar-refractivity contribution >= 4 is 59.7 Å². The lowest BCUT2D eigenvalue weighted by molar-refractivity contribution is 0.482. The molecule has 46 heavy (non-hydrogen) atoms. The molecular weight excluding hydrogens is 585 g/mol. The number of imidazole rings is 1. The Morgan fingerprint density at radius 1 is 0.674 bits per heavy atom. The van der Waals surface area contributed by atoms with Crippen molar-refractivity contribution in [3.8, 4) is 22.9 Å². The van der Waals surface area contributed by atoms with Gasteiger partial charge in [-0.15, -0.1) is 11.3 Å². The van der Waals surface area contributed by atoms with Crippen molar-refractivity contribution in [2.75, 3.05) is 4.90 Å². The van der Waals surface area contributed by atoms with Crippen LogP contribution in [0.25, 0.3) is 42.6 Å². The van der Waals surface area contributed by atoms with Gasteiger partial charge >= 0.3 is 0 Å². The fourth-order valence-electron chi connectivity index (χ4n) is 6.98. The van der Waals surface area contributed by atoms with E-state index in [0.717, 1.165) is 51.1 Å². The third kappa shape index (κ3) is 4.07. The Kier molecular flexibility index (Phi) is 5.86. The molecule has 0 saturated heterocycles. The van der Waals surface area contributed by atoms with Gasteiger partial charge in [-0.3, -0.25) is 4.90 Å². The molecule has 0 spiro atoms. The Morgan fingerprint density at radius 3 is 2.35 bits per heavy atom. The summed E-state index contributed by atoms with van der Waals surface area (Å²) in [7, 11) is 2.06. The van der Waals surface area contributed by atoms with Crippen molar-refractivity contribution in [2.45, 2.75) is 19.3 Å². The first-order chi connectivity index (χ1) is 22.5. The molecule has 1 aliphatic heterocycles. The number of hydrogen-bond acceptors (Lipinski definition) is 5. The zero-order chi connectivity index (χ0) is 31.0. The molecule has 4 heterocycles. The van der Waals surface area contributed by atoms with Gasteiger partial charge in [0, 0.05) is 50.5 Å². The van der Waals surface area contributed by atoms with Gasteiger partial charge in [0.2, 0.25) is 0 Å². The monoisotopic (exact) mass is 614 g/mol. The zero-order valence-electron chi connectivity index (χ0n) is 25.7. The van der Waals surface area contributed by atoms with Gasteiger partial charge in [-0.1, -0.05) is 68.4 Å². The molecule has 0 saturated carbocycles. The first kappa shape index (κ1) is 26.9. The van der Waals surface area contributed by atoms with Crippen LogP contribution < -0.4 is 9.64 Å². The Morgan fingerprint density at radius 2 is 1.48 bits per heavy atom. The number of anilines is 3. The molecule has 8 aromatic rings. The van der Waals surface area contributed by atoms with Gasteiger partial charge in [0.25, 0.3) is 0 Å². The first-order valence-electron chi connectivity index (χ1n) is 15.5. The first-order valence-corrected chi connectivity index (χ1v) is 16.3. The van der Waals surface area contributed by atoms with E-state index in [0.29, 0.717) is 0 Å². The predicted molar refractivity (Wildman–Crippen MR) is 190 cm³/mol. The Labute approximate surface area is 271 Å². The van der Waals surface area contributed by atoms with E-state index in [-0.39, 0.29) is 5.41 Å². The Hall–Kier alpha value is -5.46. The number of thiophene rings is 1. The van der Waals surface area contributed by atoms with E-state index < -0.39 is 0 Å². The number of benzene rings is 5. The van der Waals surface area contributed by atoms with Gasteiger partial charge in [-0.05, 0) is 71.8 Å². The molecule has 0 N–H and O–H groups in total. The number of ether oxygens (including phenoxy) is 1. The van der Waals surface area contributed by atoms with E-state index >= 15 is 0 Å². The molecule has 0 bridgehead atoms. The number of hydrogen-bond donors (Lipinski definition) is 0. The van der Waals surface area contributed by atoms with Crippen molar-refractivity contribution in [3.63, 3.8) is 0 Å². The number of rotatable bonds is 4. The van der Waals surface area contributed by atoms with Crippen LogP contribution in [0.2, 0.25) is 0 Å². The van der Waals surface area contributed by atoms with Crippen molar-refractivity contribution in [3.05, 3.63) is 139 Å². The number of pyridine rings is 1. The summed E-state index contributed by atoms with van der Waals surface area (Å²) in [4.78, 5) is 12.0. The molecule has 0 unspecified atom stereocenters. The Bertz CT molecular complexity index is 2460. The van der Waals surface area contributed by atoms with Gasteiger partial charge in [0.05, 0.1) is 22.4 Å². The molecule has 222 valence electrons. The molecule has 0 radical (unpaired) electrons. The van der Waals surface area contributed by atoms with Crippen LogP contribution in [0, 0.1) is 0 Å². The highest BCUT2D eigenvalue weighted by molar-refractivity contribution is 7.25. The highest BCUT2D eigenvalue weighted by Gasteiger charge is 2.38. The van der Waals surface area contributed by atoms with Crippen molar-refractivity contribution in [2.24, 2.45) is 7.05 Å². The zero-order valence-corrected chi connectivity index (χ0v) is 26.5. The van der Waals surface area contributed by atoms with Crippen LogP contribution in [-0.2, 0) is 12.5 Å². The molecule has 3 aromatic heterocycles. The van der Waals surface area contributed by atoms with Crippen molar-refractivity contribution in [1.82, 2.24) is 14.5 Å². The van der Waals surface area contributed by atoms with Crippen LogP contribution in [0.4, 0.5) is 17.2 Å². The average Bonchev–Trinajstić information content (AvgIpc) is 3.62. The summed E-state index contributed by atoms with van der Waals surface area (Å²) in [6.45, 7) is 4.64. The minimum Gasteiger partial charge on any atom is -0.457 e. The second-order valence-corrected chi connectivity index (χ2v) is 13.5. The van der Waals surface area contributed by atoms with E-state index in [4.69, 9.17) is 14.7 Å². The quantitative estimate of drug-likeness (QED) is 0.198. The van der Waals surface area contributed by atoms with Crippen LogP contribution in [-0.4, -0.2) is 14.5 Å². The number of aryl methyl sites for hydroxylation is 1. The van der Waals surface area contributed by atoms with E-state index in [9.17, 15) is 0 Å². The second-order valence-electron chi connectivity index (χ2n) is 12.4. The van der Waals surface area contributed by atoms with E-state index in [1.165, 1.54) is 31.3 Å². The summed E-state index contributed by atoms with van der Waals surface area (Å²) in [5.41, 5.74) is 7.58. The number of para-hydroxylation sites is 2. The topological polar surface area (TPSA) is 43.2 Å². The van der Waals surface area contributed by atoms with Crippen LogP contribution in [0.15, 0.2) is 128 Å². The number of nitrogens with zero attached hydrogens (tertiary/aromatic N) is 4. The maximum atomic E-state index is 6.59. The maximum absolute atomic E-state index is 6.59. The summed E-state index contributed by atoms with van der Waals surface area (Å²) >= 11 is 1.86. The lowest BCUT2D eigenvalue weighted by atomic mass is 9.73. The molecular formula is C40H30N4OS. The normalized spacial score (nSPS) is 13.7. The molecule has 5 aromatic carbocycles. The summed E-state index contributed by atoms with van der Waals surface area (Å²) in [5, 5.41) is 2.55. The lowest BCUT2D eigenvalue weighted by Crippen LogP contribution is -2.31. The van der Waals surface area contributed by atoms with Crippen LogP contribution >= 0.6 is 11.3 Å². The molecule has 6 heteroatoms. The predicted octanol–water partition coefficient (Wildman–Crippen LogP) is 10.9. The Balaban J connectivity index is 1.17. The number of fused-ring (bicyclic) bond motifs is 6. The summed E-state index contributed by atoms with van der Waals surface area (Å²) in [6.07, 6.45) is 1.86. The van der Waals surface area contributed by atoms with Crippen molar-refractivity contribution in [1.29, 1.82) is 0 Å². The second kappa shape index (κ2) is 10.0. The van der Waals surface area contributed by atoms with E-state index in [1.807, 2.05) is 60.0 Å². The largest absolute Gasteiger partial charge is 0.457 e. The fourth-order valence-corrected chi connectivity index (χ4v) is 8.11. The molecule has 9 rings (SSSR count). The van der Waals surface area contributed by atoms with Crippen LogP contribution in [0.3, 0.4) is 0 Å². The lowest BCUT2D eigenvalue weighted by Gasteiger charge is -2.41. The summed E-state index contributed by atoms with van der Waals surface area (Å²) < 4.78 is 11.3. The van der Waals surface area contributed by atoms with Crippen LogP contribution in [0.1, 0.15) is 25.0 Å². The average molecular weight is 615 g/mol. The third-order valence-electron chi connectivity index (χ3n) is 9.29. The minimum absolute atomic E-state index is 0.237. The smallest absolute Gasteiger partial charge is 0.140 e. The maximum Gasteiger partial charge on any atom is 0.140 e. The summed E-state index contributed by atoms with van der Waals surface area (Å²) in [5.74, 6) is 3.31. The molecule has 0 amide bonds. The standard InChI is InChI=1S/C40H30N4OS/c1-40(2)30-19-18-27(45-26-12-10-11-25(21-26)39-42-32-14-5-6-15-33(32)43(39)3)22-34(30)44(38-17-8-9-20-41-38)35-23-29-28-13-4-7-16-36(28)46-37(29)24-31(35)40/h4-24H,1-3H3. The van der Waals surface area contributed by atoms with Gasteiger partial charge in [-0.25, -0.2) is 9.97 Å². The molecule has 0 atom stereocenters. The highest BCUT2D eigenvalue weighted by atomic mass is 32.1. The van der Waals surface area contributed by atoms with Crippen molar-refractivity contribution < 1.29 is 4.74 Å². The molecule has 0 fully saturated rings. The minimum atomic E-state index is -0.237. The van der Waals surface area contributed by atoms with Gasteiger partial charge in [0.1, 0.15) is 23.1 Å². The molecule has 1 aliphatic rings. The van der Waals surface area contributed by atoms with Gasteiger partial charge in [0.15, 0.2) is 0 Å². The van der Waals surface area contributed by atoms with E-state index in [2.05, 4.69) is 109 Å². The fraction of sp³-hybridized carbons (Fsp3) is 0.100. The molecule has 5 nitrogen and oxygen atoms in total. The SMILES string of the molecule is Cn1c(-c2cccc(Oc3ccc4c(c3)N(c3ccccn3)c3cc5c(cc3C4(C)C)sc3ccccc35)c2)nc2ccccc21. The molecule has 0 aliphatic carbocycles.